The Morgan fingerprint density at radius 3 is 2.59 bits per heavy atom. The summed E-state index contributed by atoms with van der Waals surface area (Å²) in [5.41, 5.74) is 6.71. The van der Waals surface area contributed by atoms with Crippen LogP contribution in [0.15, 0.2) is 84.9 Å². The van der Waals surface area contributed by atoms with Crippen molar-refractivity contribution in [2.45, 2.75) is 32.7 Å². The Labute approximate surface area is 199 Å². The summed E-state index contributed by atoms with van der Waals surface area (Å²) in [6.45, 7) is 5.55. The maximum Gasteiger partial charge on any atom is 0.227 e. The van der Waals surface area contributed by atoms with Gasteiger partial charge in [-0.1, -0.05) is 72.3 Å². The average Bonchev–Trinajstić information content (AvgIpc) is 3.40. The number of fused-ring (bicyclic) bond motifs is 2. The van der Waals surface area contributed by atoms with Crippen LogP contribution in [-0.2, 0) is 11.3 Å². The fourth-order valence-electron chi connectivity index (χ4n) is 5.39. The zero-order valence-electron chi connectivity index (χ0n) is 19.5. The molecule has 1 fully saturated rings. The molecule has 6 rings (SSSR count). The van der Waals surface area contributed by atoms with Crippen molar-refractivity contribution in [1.29, 1.82) is 0 Å². The molecule has 0 spiro atoms. The zero-order chi connectivity index (χ0) is 23.2. The summed E-state index contributed by atoms with van der Waals surface area (Å²) in [4.78, 5) is 20.1. The first-order valence-corrected chi connectivity index (χ1v) is 11.9. The molecule has 1 aromatic heterocycles. The molecule has 1 aliphatic rings. The van der Waals surface area contributed by atoms with E-state index in [1.54, 1.807) is 0 Å². The van der Waals surface area contributed by atoms with Crippen molar-refractivity contribution < 1.29 is 4.79 Å². The topological polar surface area (TPSA) is 38.1 Å². The molecule has 5 aromatic rings. The number of hydrogen-bond acceptors (Lipinski definition) is 2. The van der Waals surface area contributed by atoms with Gasteiger partial charge in [0.25, 0.3) is 0 Å². The second kappa shape index (κ2) is 8.14. The molecular formula is C30H27N3O. The molecule has 1 saturated heterocycles. The number of benzene rings is 4. The SMILES string of the molecule is Cc1ccc(N2CC(c3nc4ccccc4n3Cc3cccc4ccccc34)CC2=O)c(C)c1. The van der Waals surface area contributed by atoms with Gasteiger partial charge in [-0.3, -0.25) is 4.79 Å². The summed E-state index contributed by atoms with van der Waals surface area (Å²) < 4.78 is 2.32. The minimum atomic E-state index is 0.0515. The van der Waals surface area contributed by atoms with Crippen molar-refractivity contribution in [2.75, 3.05) is 11.4 Å². The van der Waals surface area contributed by atoms with Crippen molar-refractivity contribution in [3.05, 3.63) is 107 Å². The fourth-order valence-corrected chi connectivity index (χ4v) is 5.39. The normalized spacial score (nSPS) is 16.1. The van der Waals surface area contributed by atoms with Gasteiger partial charge in [0.2, 0.25) is 5.91 Å². The summed E-state index contributed by atoms with van der Waals surface area (Å²) in [5, 5.41) is 2.50. The van der Waals surface area contributed by atoms with Crippen LogP contribution in [0.3, 0.4) is 0 Å². The van der Waals surface area contributed by atoms with Crippen LogP contribution < -0.4 is 4.90 Å². The molecule has 0 radical (unpaired) electrons. The standard InChI is InChI=1S/C30H27N3O/c1-20-14-15-27(21(2)16-20)32-19-24(17-29(32)34)30-31-26-12-5-6-13-28(26)33(30)18-23-10-7-9-22-8-3-4-11-25(22)23/h3-16,24H,17-19H2,1-2H3. The number of anilines is 1. The van der Waals surface area contributed by atoms with Crippen LogP contribution in [-0.4, -0.2) is 22.0 Å². The van der Waals surface area contributed by atoms with Gasteiger partial charge in [0, 0.05) is 31.1 Å². The van der Waals surface area contributed by atoms with Crippen molar-refractivity contribution in [3.63, 3.8) is 0 Å². The van der Waals surface area contributed by atoms with Crippen LogP contribution >= 0.6 is 0 Å². The van der Waals surface area contributed by atoms with Crippen LogP contribution in [0.25, 0.3) is 21.8 Å². The number of para-hydroxylation sites is 2. The number of carbonyl (C=O) groups is 1. The number of amides is 1. The number of hydrogen-bond donors (Lipinski definition) is 0. The molecule has 4 heteroatoms. The molecule has 2 heterocycles. The Kier molecular flexibility index (Phi) is 4.95. The van der Waals surface area contributed by atoms with E-state index in [-0.39, 0.29) is 11.8 Å². The third-order valence-corrected chi connectivity index (χ3v) is 7.03. The van der Waals surface area contributed by atoms with Gasteiger partial charge in [-0.15, -0.1) is 0 Å². The van der Waals surface area contributed by atoms with Gasteiger partial charge in [0.1, 0.15) is 5.82 Å². The predicted molar refractivity (Wildman–Crippen MR) is 138 cm³/mol. The molecular weight excluding hydrogens is 418 g/mol. The van der Waals surface area contributed by atoms with E-state index < -0.39 is 0 Å². The van der Waals surface area contributed by atoms with E-state index in [4.69, 9.17) is 4.98 Å². The van der Waals surface area contributed by atoms with Crippen molar-refractivity contribution in [2.24, 2.45) is 0 Å². The van der Waals surface area contributed by atoms with Gasteiger partial charge in [0.05, 0.1) is 11.0 Å². The lowest BCUT2D eigenvalue weighted by Gasteiger charge is -2.20. The van der Waals surface area contributed by atoms with E-state index in [9.17, 15) is 4.79 Å². The first kappa shape index (κ1) is 20.7. The maximum absolute atomic E-state index is 13.1. The number of imidazole rings is 1. The quantitative estimate of drug-likeness (QED) is 0.322. The first-order valence-electron chi connectivity index (χ1n) is 11.9. The minimum absolute atomic E-state index is 0.0515. The van der Waals surface area contributed by atoms with E-state index in [2.05, 4.69) is 97.3 Å². The van der Waals surface area contributed by atoms with Crippen LogP contribution in [0.4, 0.5) is 5.69 Å². The Morgan fingerprint density at radius 2 is 1.71 bits per heavy atom. The van der Waals surface area contributed by atoms with Gasteiger partial charge in [-0.25, -0.2) is 4.98 Å². The van der Waals surface area contributed by atoms with Gasteiger partial charge < -0.3 is 9.47 Å². The lowest BCUT2D eigenvalue weighted by atomic mass is 10.0. The van der Waals surface area contributed by atoms with E-state index in [0.29, 0.717) is 13.0 Å². The number of carbonyl (C=O) groups excluding carboxylic acids is 1. The third-order valence-electron chi connectivity index (χ3n) is 7.03. The van der Waals surface area contributed by atoms with Crippen molar-refractivity contribution in [3.8, 4) is 0 Å². The second-order valence-electron chi connectivity index (χ2n) is 9.38. The molecule has 1 unspecified atom stereocenters. The molecule has 34 heavy (non-hydrogen) atoms. The van der Waals surface area contributed by atoms with Gasteiger partial charge in [-0.2, -0.15) is 0 Å². The summed E-state index contributed by atoms with van der Waals surface area (Å²) in [5.74, 6) is 1.21. The van der Waals surface area contributed by atoms with E-state index in [1.165, 1.54) is 21.9 Å². The molecule has 0 N–H and O–H groups in total. The highest BCUT2D eigenvalue weighted by Gasteiger charge is 2.35. The zero-order valence-corrected chi connectivity index (χ0v) is 19.5. The van der Waals surface area contributed by atoms with Gasteiger partial charge >= 0.3 is 0 Å². The summed E-state index contributed by atoms with van der Waals surface area (Å²) in [6, 6.07) is 29.6. The monoisotopic (exact) mass is 445 g/mol. The minimum Gasteiger partial charge on any atom is -0.323 e. The van der Waals surface area contributed by atoms with E-state index in [0.717, 1.165) is 34.7 Å². The van der Waals surface area contributed by atoms with Crippen molar-refractivity contribution in [1.82, 2.24) is 9.55 Å². The Hall–Kier alpha value is -3.92. The molecule has 1 atom stereocenters. The first-order chi connectivity index (χ1) is 16.6. The van der Waals surface area contributed by atoms with Gasteiger partial charge in [-0.05, 0) is 53.9 Å². The molecule has 4 aromatic carbocycles. The number of rotatable bonds is 4. The molecule has 0 saturated carbocycles. The predicted octanol–water partition coefficient (Wildman–Crippen LogP) is 6.38. The van der Waals surface area contributed by atoms with Crippen LogP contribution in [0.1, 0.15) is 34.9 Å². The number of nitrogens with zero attached hydrogens (tertiary/aromatic N) is 3. The average molecular weight is 446 g/mol. The highest BCUT2D eigenvalue weighted by atomic mass is 16.2. The fraction of sp³-hybridized carbons (Fsp3) is 0.200. The number of aromatic nitrogens is 2. The molecule has 0 aliphatic carbocycles. The molecule has 0 bridgehead atoms. The van der Waals surface area contributed by atoms with E-state index >= 15 is 0 Å². The lowest BCUT2D eigenvalue weighted by Crippen LogP contribution is -2.25. The molecule has 1 aliphatic heterocycles. The van der Waals surface area contributed by atoms with Crippen LogP contribution in [0.5, 0.6) is 0 Å². The molecule has 1 amide bonds. The van der Waals surface area contributed by atoms with Crippen molar-refractivity contribution >= 4 is 33.4 Å². The lowest BCUT2D eigenvalue weighted by molar-refractivity contribution is -0.117. The summed E-state index contributed by atoms with van der Waals surface area (Å²) in [7, 11) is 0. The highest BCUT2D eigenvalue weighted by molar-refractivity contribution is 5.97. The summed E-state index contributed by atoms with van der Waals surface area (Å²) >= 11 is 0. The highest BCUT2D eigenvalue weighted by Crippen LogP contribution is 2.35. The smallest absolute Gasteiger partial charge is 0.227 e. The Bertz CT molecular complexity index is 1540. The second-order valence-corrected chi connectivity index (χ2v) is 9.38. The molecule has 4 nitrogen and oxygen atoms in total. The molecule has 168 valence electrons. The Balaban J connectivity index is 1.42. The third kappa shape index (κ3) is 3.47. The van der Waals surface area contributed by atoms with Gasteiger partial charge in [0.15, 0.2) is 0 Å². The van der Waals surface area contributed by atoms with E-state index in [1.807, 2.05) is 11.0 Å². The number of aryl methyl sites for hydroxylation is 2. The Morgan fingerprint density at radius 1 is 0.912 bits per heavy atom. The summed E-state index contributed by atoms with van der Waals surface area (Å²) in [6.07, 6.45) is 0.478. The largest absolute Gasteiger partial charge is 0.323 e. The maximum atomic E-state index is 13.1. The van der Waals surface area contributed by atoms with Crippen LogP contribution in [0, 0.1) is 13.8 Å². The van der Waals surface area contributed by atoms with Crippen LogP contribution in [0.2, 0.25) is 0 Å².